The normalized spacial score (nSPS) is 11.0. The Balaban J connectivity index is 2.15. The van der Waals surface area contributed by atoms with Gasteiger partial charge in [-0.25, -0.2) is 14.6 Å². The monoisotopic (exact) mass is 322 g/mol. The summed E-state index contributed by atoms with van der Waals surface area (Å²) in [4.78, 5) is 17.6. The van der Waals surface area contributed by atoms with E-state index >= 15 is 0 Å². The molecule has 0 radical (unpaired) electrons. The summed E-state index contributed by atoms with van der Waals surface area (Å²) < 4.78 is 6.66. The Hall–Kier alpha value is -3.06. The first-order chi connectivity index (χ1) is 11.2. The van der Waals surface area contributed by atoms with E-state index in [1.54, 1.807) is 18.2 Å². The Morgan fingerprint density at radius 1 is 1.04 bits per heavy atom. The molecule has 4 aromatic rings. The van der Waals surface area contributed by atoms with E-state index in [1.165, 1.54) is 4.57 Å². The maximum Gasteiger partial charge on any atom is 0.330 e. The van der Waals surface area contributed by atoms with E-state index in [0.29, 0.717) is 16.7 Å². The summed E-state index contributed by atoms with van der Waals surface area (Å²) in [6.07, 6.45) is 0. The average molecular weight is 322 g/mol. The van der Waals surface area contributed by atoms with Gasteiger partial charge < -0.3 is 4.42 Å². The molecule has 0 aliphatic carbocycles. The zero-order chi connectivity index (χ0) is 15.8. The van der Waals surface area contributed by atoms with Crippen molar-refractivity contribution in [1.29, 1.82) is 0 Å². The molecule has 0 bridgehead atoms. The number of fused-ring (bicyclic) bond motifs is 1. The fourth-order valence-corrected chi connectivity index (χ4v) is 2.53. The van der Waals surface area contributed by atoms with Gasteiger partial charge in [0.15, 0.2) is 5.82 Å². The molecule has 112 valence electrons. The Bertz CT molecular complexity index is 1110. The largest absolute Gasteiger partial charge is 0.395 e. The first kappa shape index (κ1) is 13.6. The number of hydrogen-bond acceptors (Lipinski definition) is 5. The number of hydrogen-bond donors (Lipinski definition) is 1. The van der Waals surface area contributed by atoms with Crippen LogP contribution in [0.5, 0.6) is 0 Å². The van der Waals surface area contributed by atoms with Crippen LogP contribution in [0.1, 0.15) is 0 Å². The molecule has 2 heterocycles. The number of aromatic amines is 1. The van der Waals surface area contributed by atoms with Gasteiger partial charge in [-0.15, -0.1) is 5.10 Å². The molecule has 0 fully saturated rings. The van der Waals surface area contributed by atoms with E-state index in [-0.39, 0.29) is 16.4 Å². The summed E-state index contributed by atoms with van der Waals surface area (Å²) in [6.45, 7) is 0. The highest BCUT2D eigenvalue weighted by molar-refractivity contribution is 7.71. The lowest BCUT2D eigenvalue weighted by molar-refractivity contribution is 0.507. The Labute approximate surface area is 135 Å². The zero-order valence-corrected chi connectivity index (χ0v) is 12.6. The molecular formula is C16H10N4O2S. The van der Waals surface area contributed by atoms with Crippen molar-refractivity contribution in [3.8, 4) is 17.4 Å². The van der Waals surface area contributed by atoms with Crippen molar-refractivity contribution < 1.29 is 4.42 Å². The topological polar surface area (TPSA) is 76.7 Å². The lowest BCUT2D eigenvalue weighted by Crippen LogP contribution is -2.22. The van der Waals surface area contributed by atoms with E-state index in [4.69, 9.17) is 16.6 Å². The molecule has 7 heteroatoms. The summed E-state index contributed by atoms with van der Waals surface area (Å²) in [5, 5.41) is 6.98. The molecule has 2 aromatic carbocycles. The molecule has 6 nitrogen and oxygen atoms in total. The van der Waals surface area contributed by atoms with Crippen molar-refractivity contribution in [2.45, 2.75) is 0 Å². The number of nitrogens with one attached hydrogen (secondary N) is 1. The standard InChI is InChI=1S/C16H10N4O2S/c21-14-11-8-4-5-9-12(11)17-13(10-6-2-1-3-7-10)20(14)15-18-19-16(23)22-15/h1-9H,(H,19,23). The highest BCUT2D eigenvalue weighted by Crippen LogP contribution is 2.21. The molecule has 0 unspecified atom stereocenters. The van der Waals surface area contributed by atoms with Gasteiger partial charge in [0.1, 0.15) is 0 Å². The van der Waals surface area contributed by atoms with Crippen LogP contribution < -0.4 is 5.56 Å². The minimum Gasteiger partial charge on any atom is -0.395 e. The molecule has 23 heavy (non-hydrogen) atoms. The first-order valence-electron chi connectivity index (χ1n) is 6.87. The van der Waals surface area contributed by atoms with Gasteiger partial charge in [0.05, 0.1) is 10.9 Å². The number of benzene rings is 2. The molecule has 0 aliphatic rings. The molecule has 0 aliphatic heterocycles. The molecule has 4 rings (SSSR count). The van der Waals surface area contributed by atoms with Crippen LogP contribution in [0.4, 0.5) is 0 Å². The average Bonchev–Trinajstić information content (AvgIpc) is 3.01. The molecule has 0 saturated heterocycles. The quantitative estimate of drug-likeness (QED) is 0.574. The lowest BCUT2D eigenvalue weighted by Gasteiger charge is -2.10. The van der Waals surface area contributed by atoms with Crippen LogP contribution >= 0.6 is 12.2 Å². The summed E-state index contributed by atoms with van der Waals surface area (Å²) in [5.41, 5.74) is 1.13. The number of nitrogens with zero attached hydrogens (tertiary/aromatic N) is 3. The molecule has 0 saturated carbocycles. The minimum absolute atomic E-state index is 0.0668. The number of H-pyrrole nitrogens is 1. The second kappa shape index (κ2) is 5.29. The molecule has 2 aromatic heterocycles. The lowest BCUT2D eigenvalue weighted by atomic mass is 10.2. The molecule has 0 atom stereocenters. The third kappa shape index (κ3) is 2.27. The summed E-state index contributed by atoms with van der Waals surface area (Å²) >= 11 is 4.91. The van der Waals surface area contributed by atoms with Crippen LogP contribution in [0, 0.1) is 4.84 Å². The van der Waals surface area contributed by atoms with Gasteiger partial charge >= 0.3 is 6.01 Å². The van der Waals surface area contributed by atoms with E-state index in [2.05, 4.69) is 15.2 Å². The van der Waals surface area contributed by atoms with Gasteiger partial charge in [-0.05, 0) is 24.4 Å². The minimum atomic E-state index is -0.264. The van der Waals surface area contributed by atoms with Crippen LogP contribution in [0.2, 0.25) is 0 Å². The van der Waals surface area contributed by atoms with Crippen LogP contribution in [-0.4, -0.2) is 19.7 Å². The second-order valence-corrected chi connectivity index (χ2v) is 5.23. The Morgan fingerprint density at radius 2 is 1.78 bits per heavy atom. The maximum absolute atomic E-state index is 12.9. The number of aromatic nitrogens is 4. The van der Waals surface area contributed by atoms with Crippen LogP contribution in [0.15, 0.2) is 63.8 Å². The summed E-state index contributed by atoms with van der Waals surface area (Å²) in [7, 11) is 0. The third-order valence-corrected chi connectivity index (χ3v) is 3.60. The van der Waals surface area contributed by atoms with Crippen LogP contribution in [0.3, 0.4) is 0 Å². The van der Waals surface area contributed by atoms with E-state index in [9.17, 15) is 4.79 Å². The number of para-hydroxylation sites is 1. The maximum atomic E-state index is 12.9. The van der Waals surface area contributed by atoms with Gasteiger partial charge in [-0.3, -0.25) is 4.79 Å². The van der Waals surface area contributed by atoms with E-state index in [0.717, 1.165) is 5.56 Å². The van der Waals surface area contributed by atoms with Gasteiger partial charge in [-0.2, -0.15) is 0 Å². The predicted molar refractivity (Wildman–Crippen MR) is 88.0 cm³/mol. The predicted octanol–water partition coefficient (Wildman–Crippen LogP) is 3.10. The summed E-state index contributed by atoms with van der Waals surface area (Å²) in [6, 6.07) is 16.6. The Morgan fingerprint density at radius 3 is 2.52 bits per heavy atom. The van der Waals surface area contributed by atoms with E-state index in [1.807, 2.05) is 36.4 Å². The van der Waals surface area contributed by atoms with Crippen molar-refractivity contribution in [3.63, 3.8) is 0 Å². The number of rotatable bonds is 2. The van der Waals surface area contributed by atoms with Crippen molar-refractivity contribution >= 4 is 23.1 Å². The van der Waals surface area contributed by atoms with Gasteiger partial charge in [0.2, 0.25) is 0 Å². The smallest absolute Gasteiger partial charge is 0.330 e. The van der Waals surface area contributed by atoms with E-state index < -0.39 is 0 Å². The molecule has 1 N–H and O–H groups in total. The van der Waals surface area contributed by atoms with Crippen molar-refractivity contribution in [2.75, 3.05) is 0 Å². The summed E-state index contributed by atoms with van der Waals surface area (Å²) in [5.74, 6) is 0.444. The third-order valence-electron chi connectivity index (χ3n) is 3.43. The van der Waals surface area contributed by atoms with Crippen molar-refractivity contribution in [1.82, 2.24) is 19.7 Å². The van der Waals surface area contributed by atoms with Gasteiger partial charge in [0.25, 0.3) is 10.4 Å². The fourth-order valence-electron chi connectivity index (χ4n) is 2.41. The van der Waals surface area contributed by atoms with Crippen LogP contribution in [0.25, 0.3) is 28.3 Å². The highest BCUT2D eigenvalue weighted by Gasteiger charge is 2.17. The molecule has 0 amide bonds. The Kier molecular flexibility index (Phi) is 3.13. The molecular weight excluding hydrogens is 312 g/mol. The molecule has 0 spiro atoms. The first-order valence-corrected chi connectivity index (χ1v) is 7.28. The fraction of sp³-hybridized carbons (Fsp3) is 0. The van der Waals surface area contributed by atoms with Gasteiger partial charge in [-0.1, -0.05) is 42.5 Å². The highest BCUT2D eigenvalue weighted by atomic mass is 32.1. The SMILES string of the molecule is O=c1c2ccccc2nc(-c2ccccc2)n1-c1n[nH]c(=S)o1. The second-order valence-electron chi connectivity index (χ2n) is 4.85. The zero-order valence-electron chi connectivity index (χ0n) is 11.8. The van der Waals surface area contributed by atoms with Crippen molar-refractivity contribution in [2.24, 2.45) is 0 Å². The van der Waals surface area contributed by atoms with Gasteiger partial charge in [0, 0.05) is 5.56 Å². The van der Waals surface area contributed by atoms with Crippen LogP contribution in [-0.2, 0) is 0 Å². The van der Waals surface area contributed by atoms with Crippen molar-refractivity contribution in [3.05, 3.63) is 69.8 Å².